The number of rotatable bonds is 0. The van der Waals surface area contributed by atoms with Gasteiger partial charge in [0.25, 0.3) is 0 Å². The molecule has 0 N–H and O–H groups in total. The van der Waals surface area contributed by atoms with Gasteiger partial charge < -0.3 is 4.74 Å². The first-order chi connectivity index (χ1) is 3.71. The van der Waals surface area contributed by atoms with Crippen LogP contribution in [0.2, 0.25) is 0 Å². The van der Waals surface area contributed by atoms with E-state index in [1.807, 2.05) is 0 Å². The van der Waals surface area contributed by atoms with Crippen molar-refractivity contribution in [1.82, 2.24) is 0 Å². The normalized spacial score (nSPS) is 12.6. The van der Waals surface area contributed by atoms with E-state index in [2.05, 4.69) is 41.5 Å². The van der Waals surface area contributed by atoms with Crippen molar-refractivity contribution >= 4 is 37.7 Å². The third kappa shape index (κ3) is 12.0. The van der Waals surface area contributed by atoms with E-state index in [0.717, 1.165) is 0 Å². The molecule has 0 aliphatic carbocycles. The van der Waals surface area contributed by atoms with Crippen molar-refractivity contribution in [2.45, 2.75) is 52.7 Å². The Hall–Kier alpha value is 1.22. The molecule has 0 aromatic heterocycles. The second kappa shape index (κ2) is 4.30. The first-order valence-electron chi connectivity index (χ1n) is 3.41. The SMILES string of the molecule is CC(C)(C)OC(C)(C)C.[Ca]. The summed E-state index contributed by atoms with van der Waals surface area (Å²) in [5, 5.41) is 0. The topological polar surface area (TPSA) is 9.23 Å². The van der Waals surface area contributed by atoms with Crippen molar-refractivity contribution in [2.24, 2.45) is 0 Å². The van der Waals surface area contributed by atoms with Crippen molar-refractivity contribution in [1.29, 1.82) is 0 Å². The van der Waals surface area contributed by atoms with Crippen LogP contribution >= 0.6 is 0 Å². The summed E-state index contributed by atoms with van der Waals surface area (Å²) >= 11 is 0. The minimum atomic E-state index is -0.0156. The second-order valence-electron chi connectivity index (χ2n) is 4.33. The molecule has 0 bridgehead atoms. The molecule has 1 nitrogen and oxygen atoms in total. The second-order valence-corrected chi connectivity index (χ2v) is 4.33. The van der Waals surface area contributed by atoms with Crippen LogP contribution in [0.1, 0.15) is 41.5 Å². The van der Waals surface area contributed by atoms with Crippen LogP contribution in [0.15, 0.2) is 0 Å². The van der Waals surface area contributed by atoms with Crippen molar-refractivity contribution < 1.29 is 4.74 Å². The van der Waals surface area contributed by atoms with E-state index in [0.29, 0.717) is 0 Å². The molecule has 0 atom stereocenters. The molecular weight excluding hydrogens is 152 g/mol. The van der Waals surface area contributed by atoms with E-state index in [-0.39, 0.29) is 48.9 Å². The Morgan fingerprint density at radius 3 is 0.900 bits per heavy atom. The van der Waals surface area contributed by atoms with Crippen LogP contribution in [0.5, 0.6) is 0 Å². The Morgan fingerprint density at radius 1 is 0.700 bits per heavy atom. The quantitative estimate of drug-likeness (QED) is 0.507. The minimum absolute atomic E-state index is 0. The molecule has 58 valence electrons. The summed E-state index contributed by atoms with van der Waals surface area (Å²) in [6, 6.07) is 0. The third-order valence-electron chi connectivity index (χ3n) is 0.612. The Kier molecular flexibility index (Phi) is 5.92. The van der Waals surface area contributed by atoms with E-state index in [1.165, 1.54) is 0 Å². The van der Waals surface area contributed by atoms with Crippen LogP contribution in [-0.2, 0) is 4.74 Å². The first kappa shape index (κ1) is 13.8. The van der Waals surface area contributed by atoms with Gasteiger partial charge in [-0.15, -0.1) is 0 Å². The minimum Gasteiger partial charge on any atom is -0.370 e. The number of ether oxygens (including phenoxy) is 1. The molecule has 0 amide bonds. The summed E-state index contributed by atoms with van der Waals surface area (Å²) in [6.07, 6.45) is 0. The van der Waals surface area contributed by atoms with E-state index in [1.54, 1.807) is 0 Å². The van der Waals surface area contributed by atoms with Gasteiger partial charge in [-0.1, -0.05) is 0 Å². The molecule has 0 aliphatic heterocycles. The van der Waals surface area contributed by atoms with Crippen LogP contribution < -0.4 is 0 Å². The molecule has 0 fully saturated rings. The summed E-state index contributed by atoms with van der Waals surface area (Å²) in [6.45, 7) is 12.4. The molecule has 0 rings (SSSR count). The molecule has 0 saturated carbocycles. The maximum absolute atomic E-state index is 5.62. The van der Waals surface area contributed by atoms with E-state index in [9.17, 15) is 0 Å². The molecule has 2 radical (unpaired) electrons. The Labute approximate surface area is 94.5 Å². The van der Waals surface area contributed by atoms with Crippen LogP contribution in [0.4, 0.5) is 0 Å². The predicted molar refractivity (Wildman–Crippen MR) is 46.3 cm³/mol. The van der Waals surface area contributed by atoms with Gasteiger partial charge in [0.05, 0.1) is 11.2 Å². The van der Waals surface area contributed by atoms with Crippen LogP contribution in [0, 0.1) is 0 Å². The van der Waals surface area contributed by atoms with Crippen molar-refractivity contribution in [2.75, 3.05) is 0 Å². The molecule has 0 aliphatic rings. The van der Waals surface area contributed by atoms with Crippen molar-refractivity contribution in [3.05, 3.63) is 0 Å². The Bertz CT molecular complexity index is 74.4. The van der Waals surface area contributed by atoms with Crippen LogP contribution in [0.25, 0.3) is 0 Å². The van der Waals surface area contributed by atoms with Gasteiger partial charge in [0.1, 0.15) is 0 Å². The fourth-order valence-corrected chi connectivity index (χ4v) is 0.919. The smallest absolute Gasteiger partial charge is 0.0605 e. The van der Waals surface area contributed by atoms with Gasteiger partial charge in [0.15, 0.2) is 0 Å². The average molecular weight is 170 g/mol. The molecule has 10 heavy (non-hydrogen) atoms. The molecule has 0 heterocycles. The summed E-state index contributed by atoms with van der Waals surface area (Å²) in [5.41, 5.74) is -0.0312. The number of hydrogen-bond acceptors (Lipinski definition) is 1. The zero-order chi connectivity index (χ0) is 7.71. The largest absolute Gasteiger partial charge is 0.370 e. The van der Waals surface area contributed by atoms with Crippen molar-refractivity contribution in [3.8, 4) is 0 Å². The van der Waals surface area contributed by atoms with Gasteiger partial charge in [0, 0.05) is 37.7 Å². The van der Waals surface area contributed by atoms with Gasteiger partial charge in [0.2, 0.25) is 0 Å². The van der Waals surface area contributed by atoms with Gasteiger partial charge in [-0.25, -0.2) is 0 Å². The van der Waals surface area contributed by atoms with Crippen molar-refractivity contribution in [3.63, 3.8) is 0 Å². The maximum atomic E-state index is 5.62. The molecule has 0 unspecified atom stereocenters. The maximum Gasteiger partial charge on any atom is 0.0605 e. The molecule has 2 heteroatoms. The Balaban J connectivity index is 0. The number of hydrogen-bond donors (Lipinski definition) is 0. The van der Waals surface area contributed by atoms with E-state index < -0.39 is 0 Å². The summed E-state index contributed by atoms with van der Waals surface area (Å²) < 4.78 is 5.62. The van der Waals surface area contributed by atoms with Gasteiger partial charge in [-0.2, -0.15) is 0 Å². The molecular formula is C8H18CaO. The predicted octanol–water partition coefficient (Wildman–Crippen LogP) is 2.22. The fourth-order valence-electron chi connectivity index (χ4n) is 0.919. The average Bonchev–Trinajstić information content (AvgIpc) is 1.14. The van der Waals surface area contributed by atoms with Crippen LogP contribution in [0.3, 0.4) is 0 Å². The summed E-state index contributed by atoms with van der Waals surface area (Å²) in [5.74, 6) is 0. The molecule has 0 aromatic carbocycles. The monoisotopic (exact) mass is 170 g/mol. The molecule has 0 aromatic rings. The van der Waals surface area contributed by atoms with E-state index >= 15 is 0 Å². The fraction of sp³-hybridized carbons (Fsp3) is 1.00. The standard InChI is InChI=1S/C8H18O.Ca/c1-7(2,3)9-8(4,5)6;/h1-6H3;. The molecule has 0 saturated heterocycles. The first-order valence-corrected chi connectivity index (χ1v) is 3.41. The zero-order valence-electron chi connectivity index (χ0n) is 8.12. The zero-order valence-corrected chi connectivity index (χ0v) is 10.3. The van der Waals surface area contributed by atoms with E-state index in [4.69, 9.17) is 4.74 Å². The third-order valence-corrected chi connectivity index (χ3v) is 0.612. The van der Waals surface area contributed by atoms with Gasteiger partial charge >= 0.3 is 0 Å². The van der Waals surface area contributed by atoms with Gasteiger partial charge in [-0.3, -0.25) is 0 Å². The summed E-state index contributed by atoms with van der Waals surface area (Å²) in [7, 11) is 0. The van der Waals surface area contributed by atoms with Crippen LogP contribution in [-0.4, -0.2) is 48.9 Å². The molecule has 0 spiro atoms. The summed E-state index contributed by atoms with van der Waals surface area (Å²) in [4.78, 5) is 0. The van der Waals surface area contributed by atoms with Gasteiger partial charge in [-0.05, 0) is 41.5 Å². The Morgan fingerprint density at radius 2 is 0.900 bits per heavy atom.